The Morgan fingerprint density at radius 3 is 2.85 bits per heavy atom. The predicted octanol–water partition coefficient (Wildman–Crippen LogP) is 3.38. The quantitative estimate of drug-likeness (QED) is 0.940. The van der Waals surface area contributed by atoms with Gasteiger partial charge in [0, 0.05) is 23.2 Å². The maximum absolute atomic E-state index is 13.0. The number of aromatic nitrogens is 2. The number of hydrogen-bond acceptors (Lipinski definition) is 2. The van der Waals surface area contributed by atoms with Gasteiger partial charge in [-0.15, -0.1) is 0 Å². The minimum absolute atomic E-state index is 0.0885. The van der Waals surface area contributed by atoms with Crippen LogP contribution in [0.4, 0.5) is 10.2 Å². The summed E-state index contributed by atoms with van der Waals surface area (Å²) in [5.74, 6) is 0.0499. The minimum atomic E-state index is -0.369. The van der Waals surface area contributed by atoms with E-state index in [9.17, 15) is 9.18 Å². The molecule has 1 amide bonds. The van der Waals surface area contributed by atoms with Crippen molar-refractivity contribution in [3.63, 3.8) is 0 Å². The van der Waals surface area contributed by atoms with E-state index in [1.165, 1.54) is 12.1 Å². The van der Waals surface area contributed by atoms with Crippen LogP contribution < -0.4 is 5.32 Å². The van der Waals surface area contributed by atoms with Gasteiger partial charge in [0.05, 0.1) is 6.54 Å². The lowest BCUT2D eigenvalue weighted by Crippen LogP contribution is -2.11. The first-order valence-electron chi connectivity index (χ1n) is 6.28. The highest BCUT2D eigenvalue weighted by atomic mass is 35.5. The van der Waals surface area contributed by atoms with Crippen molar-refractivity contribution < 1.29 is 9.18 Å². The van der Waals surface area contributed by atoms with Gasteiger partial charge in [-0.2, -0.15) is 5.10 Å². The molecule has 1 heterocycles. The number of hydrogen-bond donors (Lipinski definition) is 1. The Bertz CT molecular complexity index is 639. The zero-order valence-corrected chi connectivity index (χ0v) is 12.0. The molecule has 2 rings (SSSR count). The summed E-state index contributed by atoms with van der Waals surface area (Å²) in [6.07, 6.45) is 0.399. The van der Waals surface area contributed by atoms with Crippen molar-refractivity contribution in [2.24, 2.45) is 0 Å². The number of nitrogens with one attached hydrogen (secondary N) is 1. The smallest absolute Gasteiger partial charge is 0.225 e. The Hall–Kier alpha value is -1.88. The third-order valence-corrected chi connectivity index (χ3v) is 3.26. The fourth-order valence-electron chi connectivity index (χ4n) is 1.77. The molecule has 0 saturated heterocycles. The molecular weight excluding hydrogens is 281 g/mol. The molecule has 1 aromatic carbocycles. The van der Waals surface area contributed by atoms with Crippen LogP contribution in [0.25, 0.3) is 0 Å². The summed E-state index contributed by atoms with van der Waals surface area (Å²) < 4.78 is 14.7. The third kappa shape index (κ3) is 3.36. The Labute approximate surface area is 121 Å². The monoisotopic (exact) mass is 295 g/mol. The maximum atomic E-state index is 13.0. The van der Waals surface area contributed by atoms with E-state index < -0.39 is 0 Å². The highest BCUT2D eigenvalue weighted by molar-refractivity contribution is 6.31. The highest BCUT2D eigenvalue weighted by Crippen LogP contribution is 2.19. The van der Waals surface area contributed by atoms with Crippen LogP contribution in [-0.2, 0) is 11.3 Å². The molecule has 2 aromatic rings. The molecule has 4 nitrogen and oxygen atoms in total. The van der Waals surface area contributed by atoms with Crippen molar-refractivity contribution in [3.8, 4) is 0 Å². The molecule has 0 spiro atoms. The van der Waals surface area contributed by atoms with Crippen LogP contribution in [0.2, 0.25) is 5.02 Å². The first-order valence-corrected chi connectivity index (χ1v) is 6.65. The largest absolute Gasteiger partial charge is 0.309 e. The summed E-state index contributed by atoms with van der Waals surface area (Å²) in [4.78, 5) is 11.3. The average Bonchev–Trinajstić information content (AvgIpc) is 2.73. The molecule has 0 bridgehead atoms. The fraction of sp³-hybridized carbons (Fsp3) is 0.286. The summed E-state index contributed by atoms with van der Waals surface area (Å²) in [6, 6.07) is 6.05. The standard InChI is InChI=1S/C14H15ClFN3O/c1-3-14(20)17-13-6-9(2)19(18-13)8-10-4-5-11(16)7-12(10)15/h4-7H,3,8H2,1-2H3,(H,17,18,20). The Kier molecular flexibility index (Phi) is 4.39. The second-order valence-corrected chi connectivity index (χ2v) is 4.87. The zero-order chi connectivity index (χ0) is 14.7. The molecular formula is C14H15ClFN3O. The lowest BCUT2D eigenvalue weighted by molar-refractivity contribution is -0.115. The molecule has 20 heavy (non-hydrogen) atoms. The van der Waals surface area contributed by atoms with E-state index in [2.05, 4.69) is 10.4 Å². The molecule has 1 aromatic heterocycles. The van der Waals surface area contributed by atoms with Crippen LogP contribution in [0.3, 0.4) is 0 Å². The Morgan fingerprint density at radius 2 is 2.20 bits per heavy atom. The molecule has 106 valence electrons. The molecule has 0 aliphatic rings. The normalized spacial score (nSPS) is 10.6. The van der Waals surface area contributed by atoms with Crippen LogP contribution in [0.5, 0.6) is 0 Å². The van der Waals surface area contributed by atoms with Gasteiger partial charge in [-0.05, 0) is 24.6 Å². The van der Waals surface area contributed by atoms with Gasteiger partial charge in [0.15, 0.2) is 5.82 Å². The molecule has 0 saturated carbocycles. The highest BCUT2D eigenvalue weighted by Gasteiger charge is 2.09. The lowest BCUT2D eigenvalue weighted by atomic mass is 10.2. The third-order valence-electron chi connectivity index (χ3n) is 2.91. The van der Waals surface area contributed by atoms with Gasteiger partial charge in [-0.3, -0.25) is 9.48 Å². The van der Waals surface area contributed by atoms with Crippen molar-refractivity contribution in [2.75, 3.05) is 5.32 Å². The number of aryl methyl sites for hydroxylation is 1. The fourth-order valence-corrected chi connectivity index (χ4v) is 2.00. The van der Waals surface area contributed by atoms with Crippen LogP contribution in [0, 0.1) is 12.7 Å². The van der Waals surface area contributed by atoms with E-state index in [4.69, 9.17) is 11.6 Å². The number of anilines is 1. The number of carbonyl (C=O) groups is 1. The summed E-state index contributed by atoms with van der Waals surface area (Å²) in [5.41, 5.74) is 1.66. The van der Waals surface area contributed by atoms with Gasteiger partial charge in [0.1, 0.15) is 5.82 Å². The van der Waals surface area contributed by atoms with Gasteiger partial charge in [0.2, 0.25) is 5.91 Å². The van der Waals surface area contributed by atoms with Gasteiger partial charge >= 0.3 is 0 Å². The SMILES string of the molecule is CCC(=O)Nc1cc(C)n(Cc2ccc(F)cc2Cl)n1. The molecule has 0 aliphatic carbocycles. The number of halogens is 2. The number of nitrogens with zero attached hydrogens (tertiary/aromatic N) is 2. The number of amides is 1. The maximum Gasteiger partial charge on any atom is 0.225 e. The number of carbonyl (C=O) groups excluding carboxylic acids is 1. The molecule has 0 fully saturated rings. The lowest BCUT2D eigenvalue weighted by Gasteiger charge is -2.06. The van der Waals surface area contributed by atoms with E-state index in [0.29, 0.717) is 23.8 Å². The number of rotatable bonds is 4. The molecule has 0 atom stereocenters. The van der Waals surface area contributed by atoms with Crippen LogP contribution in [0.15, 0.2) is 24.3 Å². The van der Waals surface area contributed by atoms with Crippen LogP contribution in [0.1, 0.15) is 24.6 Å². The first kappa shape index (κ1) is 14.5. The molecule has 0 unspecified atom stereocenters. The van der Waals surface area contributed by atoms with Crippen molar-refractivity contribution in [3.05, 3.63) is 46.4 Å². The van der Waals surface area contributed by atoms with Crippen LogP contribution in [-0.4, -0.2) is 15.7 Å². The zero-order valence-electron chi connectivity index (χ0n) is 11.3. The van der Waals surface area contributed by atoms with E-state index >= 15 is 0 Å². The Morgan fingerprint density at radius 1 is 1.45 bits per heavy atom. The predicted molar refractivity (Wildman–Crippen MR) is 76.4 cm³/mol. The second-order valence-electron chi connectivity index (χ2n) is 4.47. The van der Waals surface area contributed by atoms with Crippen molar-refractivity contribution in [1.82, 2.24) is 9.78 Å². The summed E-state index contributed by atoms with van der Waals surface area (Å²) in [7, 11) is 0. The summed E-state index contributed by atoms with van der Waals surface area (Å²) >= 11 is 5.99. The van der Waals surface area contributed by atoms with Gasteiger partial charge < -0.3 is 5.32 Å². The first-order chi connectivity index (χ1) is 9.49. The number of benzene rings is 1. The van der Waals surface area contributed by atoms with E-state index in [1.54, 1.807) is 23.7 Å². The van der Waals surface area contributed by atoms with Gasteiger partial charge in [-0.1, -0.05) is 24.6 Å². The van der Waals surface area contributed by atoms with Gasteiger partial charge in [0.25, 0.3) is 0 Å². The molecule has 6 heteroatoms. The second kappa shape index (κ2) is 6.05. The van der Waals surface area contributed by atoms with Crippen molar-refractivity contribution in [2.45, 2.75) is 26.8 Å². The summed E-state index contributed by atoms with van der Waals surface area (Å²) in [6.45, 7) is 4.08. The van der Waals surface area contributed by atoms with Gasteiger partial charge in [-0.25, -0.2) is 4.39 Å². The topological polar surface area (TPSA) is 46.9 Å². The molecule has 0 aliphatic heterocycles. The Balaban J connectivity index is 2.19. The minimum Gasteiger partial charge on any atom is -0.309 e. The van der Waals surface area contributed by atoms with E-state index in [-0.39, 0.29) is 11.7 Å². The molecule has 1 N–H and O–H groups in total. The van der Waals surface area contributed by atoms with Crippen molar-refractivity contribution >= 4 is 23.3 Å². The van der Waals surface area contributed by atoms with Crippen LogP contribution >= 0.6 is 11.6 Å². The van der Waals surface area contributed by atoms with E-state index in [0.717, 1.165) is 11.3 Å². The van der Waals surface area contributed by atoms with E-state index in [1.807, 2.05) is 6.92 Å². The average molecular weight is 296 g/mol. The summed E-state index contributed by atoms with van der Waals surface area (Å²) in [5, 5.41) is 7.35. The van der Waals surface area contributed by atoms with Crippen molar-refractivity contribution in [1.29, 1.82) is 0 Å². The molecule has 0 radical (unpaired) electrons.